The van der Waals surface area contributed by atoms with Gasteiger partial charge in [0, 0.05) is 17.7 Å². The van der Waals surface area contributed by atoms with Crippen molar-refractivity contribution in [2.75, 3.05) is 7.11 Å². The number of carbonyl (C=O) groups is 1. The van der Waals surface area contributed by atoms with Crippen LogP contribution >= 0.6 is 0 Å². The van der Waals surface area contributed by atoms with Gasteiger partial charge in [0.1, 0.15) is 12.3 Å². The highest BCUT2D eigenvalue weighted by Gasteiger charge is 2.19. The SMILES string of the molecule is COC(=O)c1cc(-c2ccc([N+](=O)[O-])c(OCc3ccccc3)c2)no1. The molecule has 0 aliphatic carbocycles. The topological polar surface area (TPSA) is 105 Å². The normalized spacial score (nSPS) is 10.3. The van der Waals surface area contributed by atoms with Gasteiger partial charge in [0.05, 0.1) is 12.0 Å². The molecule has 0 aliphatic heterocycles. The lowest BCUT2D eigenvalue weighted by Gasteiger charge is -2.08. The van der Waals surface area contributed by atoms with Crippen LogP contribution in [0.1, 0.15) is 16.1 Å². The summed E-state index contributed by atoms with van der Waals surface area (Å²) < 4.78 is 15.1. The molecule has 8 heteroatoms. The summed E-state index contributed by atoms with van der Waals surface area (Å²) >= 11 is 0. The Bertz CT molecular complexity index is 936. The largest absolute Gasteiger partial charge is 0.482 e. The monoisotopic (exact) mass is 354 g/mol. The number of carbonyl (C=O) groups excluding carboxylic acids is 1. The highest BCUT2D eigenvalue weighted by Crippen LogP contribution is 2.33. The van der Waals surface area contributed by atoms with E-state index in [4.69, 9.17) is 9.26 Å². The van der Waals surface area contributed by atoms with E-state index in [1.807, 2.05) is 30.3 Å². The van der Waals surface area contributed by atoms with Gasteiger partial charge in [-0.3, -0.25) is 10.1 Å². The molecule has 26 heavy (non-hydrogen) atoms. The van der Waals surface area contributed by atoms with E-state index in [0.29, 0.717) is 11.3 Å². The van der Waals surface area contributed by atoms with Gasteiger partial charge in [0.15, 0.2) is 5.75 Å². The van der Waals surface area contributed by atoms with Crippen molar-refractivity contribution in [3.63, 3.8) is 0 Å². The first-order valence-electron chi connectivity index (χ1n) is 7.59. The predicted molar refractivity (Wildman–Crippen MR) is 90.7 cm³/mol. The van der Waals surface area contributed by atoms with Gasteiger partial charge in [0.25, 0.3) is 0 Å². The van der Waals surface area contributed by atoms with E-state index in [1.54, 1.807) is 0 Å². The number of aromatic nitrogens is 1. The lowest BCUT2D eigenvalue weighted by Crippen LogP contribution is -1.99. The Kier molecular flexibility index (Phi) is 4.93. The summed E-state index contributed by atoms with van der Waals surface area (Å²) in [5.41, 5.74) is 1.56. The summed E-state index contributed by atoms with van der Waals surface area (Å²) in [6.07, 6.45) is 0. The molecule has 0 saturated heterocycles. The maximum absolute atomic E-state index is 11.5. The number of nitro benzene ring substituents is 1. The van der Waals surface area contributed by atoms with Crippen LogP contribution in [0.5, 0.6) is 5.75 Å². The lowest BCUT2D eigenvalue weighted by atomic mass is 10.1. The standard InChI is InChI=1S/C18H14N2O6/c1-24-18(21)17-10-14(19-26-17)13-7-8-15(20(22)23)16(9-13)25-11-12-5-3-2-4-6-12/h2-10H,11H2,1H3. The van der Waals surface area contributed by atoms with E-state index in [0.717, 1.165) is 5.56 Å². The Labute approximate surface area is 148 Å². The molecule has 0 bridgehead atoms. The zero-order valence-corrected chi connectivity index (χ0v) is 13.7. The highest BCUT2D eigenvalue weighted by atomic mass is 16.6. The summed E-state index contributed by atoms with van der Waals surface area (Å²) in [6.45, 7) is 0.178. The van der Waals surface area contributed by atoms with E-state index in [9.17, 15) is 14.9 Å². The second-order valence-corrected chi connectivity index (χ2v) is 5.28. The number of benzene rings is 2. The quantitative estimate of drug-likeness (QED) is 0.378. The summed E-state index contributed by atoms with van der Waals surface area (Å²) in [5, 5.41) is 15.0. The Balaban J connectivity index is 1.89. The molecule has 2 aromatic carbocycles. The average molecular weight is 354 g/mol. The van der Waals surface area contributed by atoms with E-state index in [1.165, 1.54) is 31.4 Å². The molecular formula is C18H14N2O6. The minimum absolute atomic E-state index is 0.0624. The number of ether oxygens (including phenoxy) is 2. The first-order valence-corrected chi connectivity index (χ1v) is 7.59. The molecule has 3 aromatic rings. The van der Waals surface area contributed by atoms with Gasteiger partial charge in [-0.1, -0.05) is 35.5 Å². The second-order valence-electron chi connectivity index (χ2n) is 5.28. The summed E-state index contributed by atoms with van der Waals surface area (Å²) in [6, 6.07) is 15.0. The van der Waals surface area contributed by atoms with Crippen LogP contribution in [0.25, 0.3) is 11.3 Å². The van der Waals surface area contributed by atoms with Crippen LogP contribution < -0.4 is 4.74 Å². The Morgan fingerprint density at radius 1 is 1.19 bits per heavy atom. The first-order chi connectivity index (χ1) is 12.6. The van der Waals surface area contributed by atoms with Crippen molar-refractivity contribution in [1.29, 1.82) is 0 Å². The van der Waals surface area contributed by atoms with Crippen LogP contribution in [0, 0.1) is 10.1 Å². The molecule has 0 atom stereocenters. The summed E-state index contributed by atoms with van der Waals surface area (Å²) in [5.74, 6) is -0.627. The fourth-order valence-electron chi connectivity index (χ4n) is 2.28. The van der Waals surface area contributed by atoms with Gasteiger partial charge < -0.3 is 14.0 Å². The molecule has 0 radical (unpaired) electrons. The number of nitrogens with zero attached hydrogens (tertiary/aromatic N) is 2. The number of hydrogen-bond donors (Lipinski definition) is 0. The van der Waals surface area contributed by atoms with Crippen LogP contribution in [0.3, 0.4) is 0 Å². The van der Waals surface area contributed by atoms with Crippen LogP contribution in [0.15, 0.2) is 59.1 Å². The molecule has 1 aromatic heterocycles. The van der Waals surface area contributed by atoms with Gasteiger partial charge >= 0.3 is 11.7 Å². The maximum Gasteiger partial charge on any atom is 0.376 e. The third kappa shape index (κ3) is 3.69. The van der Waals surface area contributed by atoms with Gasteiger partial charge in [0.2, 0.25) is 5.76 Å². The molecule has 0 spiro atoms. The zero-order chi connectivity index (χ0) is 18.5. The van der Waals surface area contributed by atoms with Crippen molar-refractivity contribution >= 4 is 11.7 Å². The number of esters is 1. The predicted octanol–water partition coefficient (Wildman–Crippen LogP) is 3.62. The second kappa shape index (κ2) is 7.47. The molecular weight excluding hydrogens is 340 g/mol. The third-order valence-corrected chi connectivity index (χ3v) is 3.59. The number of hydrogen-bond acceptors (Lipinski definition) is 7. The number of nitro groups is 1. The molecule has 0 saturated carbocycles. The van der Waals surface area contributed by atoms with E-state index in [2.05, 4.69) is 9.89 Å². The van der Waals surface area contributed by atoms with Crippen molar-refractivity contribution in [3.8, 4) is 17.0 Å². The van der Waals surface area contributed by atoms with Crippen LogP contribution in [-0.2, 0) is 11.3 Å². The maximum atomic E-state index is 11.5. The minimum Gasteiger partial charge on any atom is -0.482 e. The Hall–Kier alpha value is -3.68. The van der Waals surface area contributed by atoms with E-state index in [-0.39, 0.29) is 23.8 Å². The fraction of sp³-hybridized carbons (Fsp3) is 0.111. The van der Waals surface area contributed by atoms with Crippen molar-refractivity contribution in [3.05, 3.63) is 76.0 Å². The van der Waals surface area contributed by atoms with Crippen molar-refractivity contribution < 1.29 is 23.7 Å². The molecule has 0 N–H and O–H groups in total. The number of methoxy groups -OCH3 is 1. The smallest absolute Gasteiger partial charge is 0.376 e. The molecule has 0 amide bonds. The molecule has 0 fully saturated rings. The Morgan fingerprint density at radius 2 is 1.96 bits per heavy atom. The first kappa shape index (κ1) is 17.2. The van der Waals surface area contributed by atoms with Gasteiger partial charge in [-0.2, -0.15) is 0 Å². The van der Waals surface area contributed by atoms with Crippen LogP contribution in [0.4, 0.5) is 5.69 Å². The Morgan fingerprint density at radius 3 is 2.65 bits per heavy atom. The van der Waals surface area contributed by atoms with E-state index >= 15 is 0 Å². The molecule has 8 nitrogen and oxygen atoms in total. The van der Waals surface area contributed by atoms with Gasteiger partial charge in [-0.05, 0) is 17.7 Å². The average Bonchev–Trinajstić information content (AvgIpc) is 3.16. The van der Waals surface area contributed by atoms with Crippen molar-refractivity contribution in [2.24, 2.45) is 0 Å². The third-order valence-electron chi connectivity index (χ3n) is 3.59. The minimum atomic E-state index is -0.661. The summed E-state index contributed by atoms with van der Waals surface area (Å²) in [4.78, 5) is 22.2. The van der Waals surface area contributed by atoms with Crippen molar-refractivity contribution in [1.82, 2.24) is 5.16 Å². The number of rotatable bonds is 6. The molecule has 0 aliphatic rings. The molecule has 132 valence electrons. The lowest BCUT2D eigenvalue weighted by molar-refractivity contribution is -0.385. The molecule has 3 rings (SSSR count). The zero-order valence-electron chi connectivity index (χ0n) is 13.7. The van der Waals surface area contributed by atoms with Gasteiger partial charge in [-0.15, -0.1) is 0 Å². The molecule has 0 unspecified atom stereocenters. The highest BCUT2D eigenvalue weighted by molar-refractivity contribution is 5.87. The van der Waals surface area contributed by atoms with Crippen LogP contribution in [-0.4, -0.2) is 23.2 Å². The molecule has 1 heterocycles. The fourth-order valence-corrected chi connectivity index (χ4v) is 2.28. The van der Waals surface area contributed by atoms with Crippen LogP contribution in [0.2, 0.25) is 0 Å². The summed E-state index contributed by atoms with van der Waals surface area (Å²) in [7, 11) is 1.23. The van der Waals surface area contributed by atoms with Gasteiger partial charge in [-0.25, -0.2) is 4.79 Å². The van der Waals surface area contributed by atoms with E-state index < -0.39 is 10.9 Å². The van der Waals surface area contributed by atoms with Crippen molar-refractivity contribution in [2.45, 2.75) is 6.61 Å².